The smallest absolute Gasteiger partial charge is 0.219 e. The number of rotatable bonds is 8. The van der Waals surface area contributed by atoms with Crippen molar-refractivity contribution in [3.63, 3.8) is 0 Å². The molecule has 0 saturated heterocycles. The van der Waals surface area contributed by atoms with Crippen molar-refractivity contribution in [1.29, 1.82) is 0 Å². The average Bonchev–Trinajstić information content (AvgIpc) is 3.25. The number of carbonyl (C=O) groups is 1. The topological polar surface area (TPSA) is 78.8 Å². The molecule has 0 unspecified atom stereocenters. The lowest BCUT2D eigenvalue weighted by Gasteiger charge is -2.19. The number of fused-ring (bicyclic) bond motifs is 3. The van der Waals surface area contributed by atoms with E-state index >= 15 is 0 Å². The minimum absolute atomic E-state index is 0.0436. The molecule has 3 rings (SSSR count). The molecule has 162 valence electrons. The lowest BCUT2D eigenvalue weighted by atomic mass is 9.86. The number of ether oxygens (including phenoxy) is 1. The fourth-order valence-electron chi connectivity index (χ4n) is 4.55. The van der Waals surface area contributed by atoms with Crippen LogP contribution in [0.15, 0.2) is 30.4 Å². The Morgan fingerprint density at radius 2 is 2.23 bits per heavy atom. The van der Waals surface area contributed by atoms with E-state index in [4.69, 9.17) is 4.74 Å². The van der Waals surface area contributed by atoms with Gasteiger partial charge in [0, 0.05) is 43.7 Å². The van der Waals surface area contributed by atoms with Crippen LogP contribution in [-0.4, -0.2) is 41.5 Å². The molecule has 30 heavy (non-hydrogen) atoms. The predicted octanol–water partition coefficient (Wildman–Crippen LogP) is 2.95. The van der Waals surface area contributed by atoms with Crippen LogP contribution in [0.1, 0.15) is 56.6 Å². The predicted molar refractivity (Wildman–Crippen MR) is 117 cm³/mol. The van der Waals surface area contributed by atoms with E-state index in [2.05, 4.69) is 29.3 Å². The molecule has 5 heteroatoms. The molecule has 6 atom stereocenters. The molecule has 0 bridgehead atoms. The van der Waals surface area contributed by atoms with Crippen LogP contribution >= 0.6 is 0 Å². The summed E-state index contributed by atoms with van der Waals surface area (Å²) < 4.78 is 6.28. The van der Waals surface area contributed by atoms with Crippen molar-refractivity contribution in [3.8, 4) is 17.6 Å². The number of para-hydroxylation sites is 1. The van der Waals surface area contributed by atoms with E-state index in [1.807, 2.05) is 25.1 Å². The van der Waals surface area contributed by atoms with Gasteiger partial charge in [-0.2, -0.15) is 0 Å². The van der Waals surface area contributed by atoms with Crippen molar-refractivity contribution in [1.82, 2.24) is 5.32 Å². The van der Waals surface area contributed by atoms with Gasteiger partial charge in [0.05, 0.1) is 12.2 Å². The highest BCUT2D eigenvalue weighted by atomic mass is 16.5. The third kappa shape index (κ3) is 4.88. The lowest BCUT2D eigenvalue weighted by molar-refractivity contribution is -0.120. The van der Waals surface area contributed by atoms with E-state index in [0.29, 0.717) is 19.3 Å². The molecule has 1 saturated carbocycles. The second kappa shape index (κ2) is 10.1. The monoisotopic (exact) mass is 411 g/mol. The molecule has 1 fully saturated rings. The lowest BCUT2D eigenvalue weighted by Crippen LogP contribution is -2.19. The molecule has 1 amide bonds. The summed E-state index contributed by atoms with van der Waals surface area (Å²) in [5, 5.41) is 23.7. The van der Waals surface area contributed by atoms with Crippen molar-refractivity contribution in [2.75, 3.05) is 7.05 Å². The Morgan fingerprint density at radius 3 is 2.97 bits per heavy atom. The van der Waals surface area contributed by atoms with Crippen LogP contribution in [0.25, 0.3) is 0 Å². The van der Waals surface area contributed by atoms with E-state index in [0.717, 1.165) is 29.7 Å². The number of aliphatic hydroxyl groups is 2. The maximum Gasteiger partial charge on any atom is 0.219 e. The maximum absolute atomic E-state index is 11.5. The van der Waals surface area contributed by atoms with Crippen LogP contribution in [0.3, 0.4) is 0 Å². The summed E-state index contributed by atoms with van der Waals surface area (Å²) in [5.41, 5.74) is 2.25. The number of hydrogen-bond acceptors (Lipinski definition) is 4. The van der Waals surface area contributed by atoms with Gasteiger partial charge in [0.1, 0.15) is 11.9 Å². The largest absolute Gasteiger partial charge is 0.489 e. The van der Waals surface area contributed by atoms with Crippen LogP contribution in [0, 0.1) is 23.7 Å². The molecule has 1 aliphatic heterocycles. The molecule has 1 aromatic carbocycles. The van der Waals surface area contributed by atoms with Crippen LogP contribution in [-0.2, 0) is 11.2 Å². The summed E-state index contributed by atoms with van der Waals surface area (Å²) in [4.78, 5) is 11.5. The van der Waals surface area contributed by atoms with Crippen LogP contribution in [0.4, 0.5) is 0 Å². The van der Waals surface area contributed by atoms with E-state index in [9.17, 15) is 15.0 Å². The van der Waals surface area contributed by atoms with Gasteiger partial charge in [0.15, 0.2) is 0 Å². The SMILES string of the molecule is CC#CC[C@@H](C)[C@H](O)/C=C/[C@@H]1[C@H]2c3cccc(CCCC(=O)NC)c3O[C@H]2C[C@H]1O. The van der Waals surface area contributed by atoms with Crippen molar-refractivity contribution in [3.05, 3.63) is 41.5 Å². The van der Waals surface area contributed by atoms with Gasteiger partial charge in [-0.15, -0.1) is 11.8 Å². The highest BCUT2D eigenvalue weighted by Crippen LogP contribution is 2.52. The van der Waals surface area contributed by atoms with Gasteiger partial charge in [-0.3, -0.25) is 4.79 Å². The Kier molecular flexibility index (Phi) is 7.58. The maximum atomic E-state index is 11.5. The molecular formula is C25H33NO4. The first-order valence-corrected chi connectivity index (χ1v) is 10.9. The number of aliphatic hydroxyl groups excluding tert-OH is 2. The highest BCUT2D eigenvalue weighted by molar-refractivity contribution is 5.75. The highest BCUT2D eigenvalue weighted by Gasteiger charge is 2.48. The summed E-state index contributed by atoms with van der Waals surface area (Å²) in [7, 11) is 1.65. The van der Waals surface area contributed by atoms with Gasteiger partial charge >= 0.3 is 0 Å². The molecular weight excluding hydrogens is 378 g/mol. The first-order chi connectivity index (χ1) is 14.5. The Labute approximate surface area is 179 Å². The second-order valence-electron chi connectivity index (χ2n) is 8.41. The van der Waals surface area contributed by atoms with Crippen molar-refractivity contribution in [2.45, 2.75) is 70.2 Å². The Balaban J connectivity index is 1.73. The zero-order valence-corrected chi connectivity index (χ0v) is 18.1. The standard InChI is InChI=1S/C25H33NO4/c1-4-5-8-16(2)20(27)14-13-18-21(28)15-22-24(18)19-11-6-9-17(25(19)30-22)10-7-12-23(29)26-3/h6,9,11,13-14,16,18,20-22,24,27-28H,7-8,10,12,15H2,1-3H3,(H,26,29)/b14-13+/t16-,18+,20-,21-,22+,24+/m1/s1. The van der Waals surface area contributed by atoms with E-state index in [-0.39, 0.29) is 29.8 Å². The molecule has 0 radical (unpaired) electrons. The summed E-state index contributed by atoms with van der Waals surface area (Å²) in [6, 6.07) is 6.17. The third-order valence-electron chi connectivity index (χ3n) is 6.33. The van der Waals surface area contributed by atoms with E-state index < -0.39 is 12.2 Å². The fraction of sp³-hybridized carbons (Fsp3) is 0.560. The minimum atomic E-state index is -0.588. The number of benzene rings is 1. The molecule has 2 aliphatic rings. The molecule has 0 aromatic heterocycles. The van der Waals surface area contributed by atoms with Gasteiger partial charge in [-0.05, 0) is 31.2 Å². The third-order valence-corrected chi connectivity index (χ3v) is 6.33. The van der Waals surface area contributed by atoms with Crippen molar-refractivity contribution in [2.24, 2.45) is 11.8 Å². The Bertz CT molecular complexity index is 837. The Morgan fingerprint density at radius 1 is 1.43 bits per heavy atom. The number of nitrogens with one attached hydrogen (secondary N) is 1. The quantitative estimate of drug-likeness (QED) is 0.454. The Hall–Kier alpha value is -2.29. The number of carbonyl (C=O) groups excluding carboxylic acids is 1. The molecule has 1 heterocycles. The summed E-state index contributed by atoms with van der Waals surface area (Å²) >= 11 is 0. The van der Waals surface area contributed by atoms with E-state index in [1.165, 1.54) is 0 Å². The minimum Gasteiger partial charge on any atom is -0.489 e. The summed E-state index contributed by atoms with van der Waals surface area (Å²) in [6.07, 6.45) is 5.93. The van der Waals surface area contributed by atoms with Crippen LogP contribution in [0.5, 0.6) is 5.75 Å². The summed E-state index contributed by atoms with van der Waals surface area (Å²) in [6.45, 7) is 3.78. The normalized spacial score (nSPS) is 26.3. The first kappa shape index (κ1) is 22.4. The van der Waals surface area contributed by atoms with Crippen molar-refractivity contribution < 1.29 is 19.7 Å². The van der Waals surface area contributed by atoms with Crippen LogP contribution < -0.4 is 10.1 Å². The molecule has 1 aliphatic carbocycles. The van der Waals surface area contributed by atoms with Gasteiger partial charge in [-0.1, -0.05) is 37.3 Å². The number of amides is 1. The zero-order chi connectivity index (χ0) is 21.7. The fourth-order valence-corrected chi connectivity index (χ4v) is 4.55. The molecule has 3 N–H and O–H groups in total. The van der Waals surface area contributed by atoms with Gasteiger partial charge in [0.2, 0.25) is 5.91 Å². The van der Waals surface area contributed by atoms with Gasteiger partial charge < -0.3 is 20.3 Å². The molecule has 1 aromatic rings. The zero-order valence-electron chi connectivity index (χ0n) is 18.1. The van der Waals surface area contributed by atoms with Crippen LogP contribution in [0.2, 0.25) is 0 Å². The van der Waals surface area contributed by atoms with Gasteiger partial charge in [0.25, 0.3) is 0 Å². The number of aryl methyl sites for hydroxylation is 1. The molecule has 0 spiro atoms. The molecule has 5 nitrogen and oxygen atoms in total. The van der Waals surface area contributed by atoms with E-state index in [1.54, 1.807) is 14.0 Å². The van der Waals surface area contributed by atoms with Gasteiger partial charge in [-0.25, -0.2) is 0 Å². The first-order valence-electron chi connectivity index (χ1n) is 10.9. The number of hydrogen-bond donors (Lipinski definition) is 3. The van der Waals surface area contributed by atoms with Crippen molar-refractivity contribution >= 4 is 5.91 Å². The summed E-state index contributed by atoms with van der Waals surface area (Å²) in [5.74, 6) is 6.88. The second-order valence-corrected chi connectivity index (χ2v) is 8.41. The average molecular weight is 412 g/mol.